The average molecular weight is 441 g/mol. The van der Waals surface area contributed by atoms with Gasteiger partial charge in [-0.3, -0.25) is 9.29 Å². The van der Waals surface area contributed by atoms with Gasteiger partial charge in [-0.1, -0.05) is 0 Å². The molecule has 0 spiro atoms. The van der Waals surface area contributed by atoms with Crippen LogP contribution in [0.25, 0.3) is 5.82 Å². The van der Waals surface area contributed by atoms with E-state index in [0.717, 1.165) is 11.4 Å². The second-order valence-electron chi connectivity index (χ2n) is 6.41. The van der Waals surface area contributed by atoms with Crippen LogP contribution >= 0.6 is 0 Å². The third-order valence-electron chi connectivity index (χ3n) is 4.13. The summed E-state index contributed by atoms with van der Waals surface area (Å²) in [5.74, 6) is 0.124. The normalized spacial score (nSPS) is 12.0. The van der Waals surface area contributed by atoms with Crippen LogP contribution in [0, 0.1) is 13.8 Å². The maximum Gasteiger partial charge on any atom is 0.390 e. The Morgan fingerprint density at radius 1 is 1.10 bits per heavy atom. The number of sulfonamides is 1. The highest BCUT2D eigenvalue weighted by Gasteiger charge is 2.29. The summed E-state index contributed by atoms with van der Waals surface area (Å²) in [6.07, 6.45) is -2.99. The molecule has 8 nitrogen and oxygen atoms in total. The Morgan fingerprint density at radius 3 is 2.40 bits per heavy atom. The second-order valence-corrected chi connectivity index (χ2v) is 8.25. The Labute approximate surface area is 170 Å². The zero-order chi connectivity index (χ0) is 21.9. The molecule has 0 aliphatic carbocycles. The zero-order valence-electron chi connectivity index (χ0n) is 16.0. The van der Waals surface area contributed by atoms with Gasteiger partial charge in [-0.15, -0.1) is 0 Å². The molecule has 2 heterocycles. The maximum absolute atomic E-state index is 12.2. The van der Waals surface area contributed by atoms with Crippen molar-refractivity contribution in [1.29, 1.82) is 0 Å². The molecule has 1 aromatic carbocycles. The van der Waals surface area contributed by atoms with E-state index in [4.69, 9.17) is 4.74 Å². The molecular formula is C18H18F3N5O3S. The fourth-order valence-corrected chi connectivity index (χ4v) is 3.54. The third kappa shape index (κ3) is 5.69. The number of anilines is 1. The van der Waals surface area contributed by atoms with Crippen molar-refractivity contribution in [2.75, 3.05) is 10.5 Å². The van der Waals surface area contributed by atoms with E-state index in [9.17, 15) is 21.6 Å². The minimum atomic E-state index is -4.54. The SMILES string of the molecule is Cc1ncn(-c2cc(Oc3ccc(NS(=O)(=O)CCC(F)(F)F)cc3)ncn2)c1C. The highest BCUT2D eigenvalue weighted by Crippen LogP contribution is 2.24. The summed E-state index contributed by atoms with van der Waals surface area (Å²) < 4.78 is 69.7. The number of benzene rings is 1. The van der Waals surface area contributed by atoms with Crippen molar-refractivity contribution in [3.63, 3.8) is 0 Å². The minimum absolute atomic E-state index is 0.123. The first-order chi connectivity index (χ1) is 14.0. The molecule has 0 fully saturated rings. The molecule has 12 heteroatoms. The Bertz CT molecular complexity index is 1130. The van der Waals surface area contributed by atoms with Crippen molar-refractivity contribution < 1.29 is 26.3 Å². The van der Waals surface area contributed by atoms with Crippen LogP contribution in [-0.2, 0) is 10.0 Å². The average Bonchev–Trinajstić information content (AvgIpc) is 3.00. The van der Waals surface area contributed by atoms with Crippen LogP contribution in [0.15, 0.2) is 43.0 Å². The van der Waals surface area contributed by atoms with Crippen LogP contribution in [-0.4, -0.2) is 39.9 Å². The molecule has 0 unspecified atom stereocenters. The van der Waals surface area contributed by atoms with Gasteiger partial charge in [-0.25, -0.2) is 23.4 Å². The quantitative estimate of drug-likeness (QED) is 0.599. The first kappa shape index (κ1) is 21.6. The van der Waals surface area contributed by atoms with Crippen molar-refractivity contribution in [3.8, 4) is 17.4 Å². The minimum Gasteiger partial charge on any atom is -0.439 e. The number of imidazole rings is 1. The van der Waals surface area contributed by atoms with E-state index in [0.29, 0.717) is 11.6 Å². The van der Waals surface area contributed by atoms with E-state index in [2.05, 4.69) is 19.7 Å². The number of nitrogens with zero attached hydrogens (tertiary/aromatic N) is 4. The van der Waals surface area contributed by atoms with E-state index < -0.39 is 28.4 Å². The lowest BCUT2D eigenvalue weighted by Crippen LogP contribution is -2.21. The fraction of sp³-hybridized carbons (Fsp3) is 0.278. The summed E-state index contributed by atoms with van der Waals surface area (Å²) in [4.78, 5) is 12.4. The number of aromatic nitrogens is 4. The molecule has 0 aliphatic rings. The highest BCUT2D eigenvalue weighted by molar-refractivity contribution is 7.92. The fourth-order valence-electron chi connectivity index (χ4n) is 2.44. The number of rotatable bonds is 7. The molecule has 0 radical (unpaired) electrons. The molecule has 0 saturated heterocycles. The predicted molar refractivity (Wildman–Crippen MR) is 103 cm³/mol. The standard InChI is InChI=1S/C18H18F3N5O3S/c1-12-13(2)26(11-24-12)16-9-17(23-10-22-16)29-15-5-3-14(4-6-15)25-30(27,28)8-7-18(19,20)21/h3-6,9-11,25H,7-8H2,1-2H3. The van der Waals surface area contributed by atoms with Gasteiger partial charge in [0.15, 0.2) is 0 Å². The van der Waals surface area contributed by atoms with Gasteiger partial charge in [0, 0.05) is 17.4 Å². The van der Waals surface area contributed by atoms with Crippen molar-refractivity contribution in [2.45, 2.75) is 26.4 Å². The lowest BCUT2D eigenvalue weighted by atomic mass is 10.3. The summed E-state index contributed by atoms with van der Waals surface area (Å²) in [6, 6.07) is 7.31. The van der Waals surface area contributed by atoms with Crippen LogP contribution in [0.3, 0.4) is 0 Å². The van der Waals surface area contributed by atoms with E-state index >= 15 is 0 Å². The molecule has 160 valence electrons. The monoisotopic (exact) mass is 441 g/mol. The molecule has 3 rings (SSSR count). The molecule has 2 aromatic heterocycles. The van der Waals surface area contributed by atoms with E-state index in [1.165, 1.54) is 30.6 Å². The van der Waals surface area contributed by atoms with Crippen LogP contribution in [0.4, 0.5) is 18.9 Å². The van der Waals surface area contributed by atoms with Gasteiger partial charge in [-0.2, -0.15) is 13.2 Å². The van der Waals surface area contributed by atoms with Gasteiger partial charge in [0.25, 0.3) is 0 Å². The van der Waals surface area contributed by atoms with Crippen LogP contribution in [0.2, 0.25) is 0 Å². The Hall–Kier alpha value is -3.15. The summed E-state index contributed by atoms with van der Waals surface area (Å²) in [6.45, 7) is 3.78. The highest BCUT2D eigenvalue weighted by atomic mass is 32.2. The predicted octanol–water partition coefficient (Wildman–Crippen LogP) is 3.77. The first-order valence-corrected chi connectivity index (χ1v) is 10.4. The summed E-state index contributed by atoms with van der Waals surface area (Å²) in [5, 5.41) is 0. The smallest absolute Gasteiger partial charge is 0.390 e. The Kier molecular flexibility index (Phi) is 5.97. The van der Waals surface area contributed by atoms with Crippen molar-refractivity contribution >= 4 is 15.7 Å². The Morgan fingerprint density at radius 2 is 1.80 bits per heavy atom. The topological polar surface area (TPSA) is 99.0 Å². The number of halogens is 3. The van der Waals surface area contributed by atoms with E-state index in [1.54, 1.807) is 17.0 Å². The first-order valence-electron chi connectivity index (χ1n) is 8.70. The van der Waals surface area contributed by atoms with Gasteiger partial charge in [0.1, 0.15) is 24.2 Å². The molecule has 0 bridgehead atoms. The molecule has 0 atom stereocenters. The Balaban J connectivity index is 1.68. The number of hydrogen-bond acceptors (Lipinski definition) is 6. The van der Waals surface area contributed by atoms with Crippen LogP contribution in [0.1, 0.15) is 17.8 Å². The number of nitrogens with one attached hydrogen (secondary N) is 1. The number of ether oxygens (including phenoxy) is 1. The maximum atomic E-state index is 12.2. The molecule has 0 saturated carbocycles. The van der Waals surface area contributed by atoms with Gasteiger partial charge in [0.2, 0.25) is 15.9 Å². The summed E-state index contributed by atoms with van der Waals surface area (Å²) in [7, 11) is -4.12. The van der Waals surface area contributed by atoms with Crippen LogP contribution < -0.4 is 9.46 Å². The third-order valence-corrected chi connectivity index (χ3v) is 5.42. The summed E-state index contributed by atoms with van der Waals surface area (Å²) >= 11 is 0. The number of hydrogen-bond donors (Lipinski definition) is 1. The lowest BCUT2D eigenvalue weighted by Gasteiger charge is -2.11. The van der Waals surface area contributed by atoms with Crippen molar-refractivity contribution in [1.82, 2.24) is 19.5 Å². The molecular weight excluding hydrogens is 423 g/mol. The van der Waals surface area contributed by atoms with E-state index in [-0.39, 0.29) is 11.6 Å². The molecule has 0 amide bonds. The van der Waals surface area contributed by atoms with Crippen LogP contribution in [0.5, 0.6) is 11.6 Å². The number of alkyl halides is 3. The lowest BCUT2D eigenvalue weighted by molar-refractivity contribution is -0.129. The second kappa shape index (κ2) is 8.30. The molecule has 30 heavy (non-hydrogen) atoms. The largest absolute Gasteiger partial charge is 0.439 e. The summed E-state index contributed by atoms with van der Waals surface area (Å²) in [5.41, 5.74) is 1.91. The van der Waals surface area contributed by atoms with Gasteiger partial charge < -0.3 is 4.74 Å². The molecule has 0 aliphatic heterocycles. The zero-order valence-corrected chi connectivity index (χ0v) is 16.8. The molecule has 3 aromatic rings. The number of aryl methyl sites for hydroxylation is 1. The van der Waals surface area contributed by atoms with Crippen molar-refractivity contribution in [3.05, 3.63) is 54.4 Å². The molecule has 1 N–H and O–H groups in total. The van der Waals surface area contributed by atoms with Gasteiger partial charge >= 0.3 is 6.18 Å². The van der Waals surface area contributed by atoms with Crippen molar-refractivity contribution in [2.24, 2.45) is 0 Å². The van der Waals surface area contributed by atoms with Gasteiger partial charge in [0.05, 0.1) is 17.9 Å². The van der Waals surface area contributed by atoms with E-state index in [1.807, 2.05) is 13.8 Å². The van der Waals surface area contributed by atoms with Gasteiger partial charge in [-0.05, 0) is 38.1 Å².